The van der Waals surface area contributed by atoms with Gasteiger partial charge in [0.15, 0.2) is 0 Å². The van der Waals surface area contributed by atoms with Gasteiger partial charge in [-0.25, -0.2) is 4.98 Å². The van der Waals surface area contributed by atoms with Crippen LogP contribution in [0.1, 0.15) is 24.5 Å². The predicted molar refractivity (Wildman–Crippen MR) is 109 cm³/mol. The van der Waals surface area contributed by atoms with Crippen molar-refractivity contribution >= 4 is 40.7 Å². The average Bonchev–Trinajstić information content (AvgIpc) is 3.13. The maximum absolute atomic E-state index is 12.8. The van der Waals surface area contributed by atoms with Gasteiger partial charge in [-0.2, -0.15) is 0 Å². The van der Waals surface area contributed by atoms with Crippen LogP contribution in [0.2, 0.25) is 15.1 Å². The number of aromatic nitrogens is 2. The highest BCUT2D eigenvalue weighted by atomic mass is 35.5. The van der Waals surface area contributed by atoms with Crippen molar-refractivity contribution in [2.75, 3.05) is 0 Å². The van der Waals surface area contributed by atoms with Gasteiger partial charge in [0.25, 0.3) is 5.91 Å². The first-order valence-electron chi connectivity index (χ1n) is 8.49. The minimum absolute atomic E-state index is 0.0832. The van der Waals surface area contributed by atoms with E-state index in [0.717, 1.165) is 16.8 Å². The molecule has 3 aromatic rings. The molecule has 1 aliphatic rings. The van der Waals surface area contributed by atoms with E-state index in [9.17, 15) is 4.79 Å². The third-order valence-electron chi connectivity index (χ3n) is 4.64. The van der Waals surface area contributed by atoms with Crippen LogP contribution in [0.25, 0.3) is 22.5 Å². The standard InChI is InChI=1S/C20H16Cl3N3O/c1-11(2)25-10-26-18(12-3-5-13(21)6-4-12)17(24-19(26)20(25)27)15-8-7-14(22)9-16(15)23/h3-9,11H,10H2,1-2H3. The molecule has 1 aromatic heterocycles. The van der Waals surface area contributed by atoms with Gasteiger partial charge in [0.2, 0.25) is 5.82 Å². The zero-order chi connectivity index (χ0) is 19.3. The van der Waals surface area contributed by atoms with Crippen LogP contribution in [-0.2, 0) is 6.67 Å². The molecule has 0 fully saturated rings. The molecule has 4 rings (SSSR count). The third-order valence-corrected chi connectivity index (χ3v) is 5.44. The van der Waals surface area contributed by atoms with E-state index in [-0.39, 0.29) is 11.9 Å². The van der Waals surface area contributed by atoms with Crippen molar-refractivity contribution in [1.29, 1.82) is 0 Å². The zero-order valence-corrected chi connectivity index (χ0v) is 17.0. The van der Waals surface area contributed by atoms with E-state index in [1.165, 1.54) is 0 Å². The summed E-state index contributed by atoms with van der Waals surface area (Å²) in [6, 6.07) is 12.8. The number of fused-ring (bicyclic) bond motifs is 1. The maximum atomic E-state index is 12.8. The Morgan fingerprint density at radius 1 is 1.00 bits per heavy atom. The van der Waals surface area contributed by atoms with E-state index in [1.54, 1.807) is 17.0 Å². The molecule has 0 bridgehead atoms. The van der Waals surface area contributed by atoms with Gasteiger partial charge in [-0.05, 0) is 44.2 Å². The molecular weight excluding hydrogens is 405 g/mol. The quantitative estimate of drug-likeness (QED) is 0.521. The van der Waals surface area contributed by atoms with Gasteiger partial charge in [-0.15, -0.1) is 0 Å². The van der Waals surface area contributed by atoms with E-state index in [2.05, 4.69) is 4.98 Å². The first-order chi connectivity index (χ1) is 12.9. The van der Waals surface area contributed by atoms with Gasteiger partial charge in [-0.1, -0.05) is 46.9 Å². The first kappa shape index (κ1) is 18.4. The van der Waals surface area contributed by atoms with Crippen molar-refractivity contribution in [3.63, 3.8) is 0 Å². The average molecular weight is 421 g/mol. The van der Waals surface area contributed by atoms with Gasteiger partial charge >= 0.3 is 0 Å². The number of hydrogen-bond donors (Lipinski definition) is 0. The Bertz CT molecular complexity index is 1040. The maximum Gasteiger partial charge on any atom is 0.291 e. The van der Waals surface area contributed by atoms with Crippen LogP contribution < -0.4 is 0 Å². The number of imidazole rings is 1. The molecule has 0 atom stereocenters. The van der Waals surface area contributed by atoms with E-state index in [1.807, 2.05) is 48.7 Å². The van der Waals surface area contributed by atoms with Crippen LogP contribution in [0.3, 0.4) is 0 Å². The summed E-state index contributed by atoms with van der Waals surface area (Å²) in [7, 11) is 0. The van der Waals surface area contributed by atoms with Crippen LogP contribution in [0.4, 0.5) is 0 Å². The SMILES string of the molecule is CC(C)N1Cn2c(nc(-c3ccc(Cl)cc3Cl)c2-c2ccc(Cl)cc2)C1=O. The van der Waals surface area contributed by atoms with Crippen molar-refractivity contribution in [2.45, 2.75) is 26.6 Å². The Hall–Kier alpha value is -2.01. The smallest absolute Gasteiger partial charge is 0.291 e. The van der Waals surface area contributed by atoms with Gasteiger partial charge < -0.3 is 9.47 Å². The summed E-state index contributed by atoms with van der Waals surface area (Å²) < 4.78 is 1.94. The minimum atomic E-state index is -0.0865. The molecule has 0 aliphatic carbocycles. The molecular formula is C20H16Cl3N3O. The number of amides is 1. The van der Waals surface area contributed by atoms with Crippen LogP contribution in [0.15, 0.2) is 42.5 Å². The molecule has 4 nitrogen and oxygen atoms in total. The molecule has 0 saturated carbocycles. The summed E-state index contributed by atoms with van der Waals surface area (Å²) in [5.74, 6) is 0.325. The largest absolute Gasteiger partial charge is 0.315 e. The number of halogens is 3. The van der Waals surface area contributed by atoms with E-state index < -0.39 is 0 Å². The highest BCUT2D eigenvalue weighted by Crippen LogP contribution is 2.39. The topological polar surface area (TPSA) is 38.1 Å². The Morgan fingerprint density at radius 3 is 2.30 bits per heavy atom. The lowest BCUT2D eigenvalue weighted by atomic mass is 10.0. The van der Waals surface area contributed by atoms with Crippen molar-refractivity contribution in [3.8, 4) is 22.5 Å². The van der Waals surface area contributed by atoms with Gasteiger partial charge in [-0.3, -0.25) is 4.79 Å². The Balaban J connectivity index is 1.95. The highest BCUT2D eigenvalue weighted by molar-refractivity contribution is 6.36. The second kappa shape index (κ2) is 6.86. The van der Waals surface area contributed by atoms with Gasteiger partial charge in [0.05, 0.1) is 16.4 Å². The monoisotopic (exact) mass is 419 g/mol. The Kier molecular flexibility index (Phi) is 4.66. The van der Waals surface area contributed by atoms with Crippen LogP contribution in [0, 0.1) is 0 Å². The molecule has 7 heteroatoms. The summed E-state index contributed by atoms with van der Waals surface area (Å²) in [5, 5.41) is 1.68. The second-order valence-electron chi connectivity index (χ2n) is 6.70. The fourth-order valence-corrected chi connectivity index (χ4v) is 3.89. The Morgan fingerprint density at radius 2 is 1.67 bits per heavy atom. The summed E-state index contributed by atoms with van der Waals surface area (Å²) in [6.45, 7) is 4.43. The molecule has 0 N–H and O–H groups in total. The third kappa shape index (κ3) is 3.12. The predicted octanol–water partition coefficient (Wildman–Crippen LogP) is 6.00. The normalized spacial score (nSPS) is 13.6. The van der Waals surface area contributed by atoms with Gasteiger partial charge in [0, 0.05) is 27.2 Å². The molecule has 2 aromatic carbocycles. The summed E-state index contributed by atoms with van der Waals surface area (Å²) >= 11 is 18.5. The number of benzene rings is 2. The molecule has 2 heterocycles. The van der Waals surface area contributed by atoms with Gasteiger partial charge in [0.1, 0.15) is 6.67 Å². The second-order valence-corrected chi connectivity index (χ2v) is 7.98. The summed E-state index contributed by atoms with van der Waals surface area (Å²) in [6.07, 6.45) is 0. The lowest BCUT2D eigenvalue weighted by Crippen LogP contribution is -2.31. The molecule has 1 amide bonds. The van der Waals surface area contributed by atoms with Crippen molar-refractivity contribution < 1.29 is 4.79 Å². The van der Waals surface area contributed by atoms with Crippen LogP contribution in [0.5, 0.6) is 0 Å². The number of hydrogen-bond acceptors (Lipinski definition) is 2. The number of carbonyl (C=O) groups excluding carboxylic acids is 1. The molecule has 0 unspecified atom stereocenters. The molecule has 27 heavy (non-hydrogen) atoms. The fraction of sp³-hybridized carbons (Fsp3) is 0.200. The fourth-order valence-electron chi connectivity index (χ4n) is 3.27. The van der Waals surface area contributed by atoms with Crippen molar-refractivity contribution in [1.82, 2.24) is 14.5 Å². The molecule has 0 spiro atoms. The molecule has 0 radical (unpaired) electrons. The van der Waals surface area contributed by atoms with E-state index in [4.69, 9.17) is 34.8 Å². The van der Waals surface area contributed by atoms with Crippen molar-refractivity contribution in [2.24, 2.45) is 0 Å². The lowest BCUT2D eigenvalue weighted by molar-refractivity contribution is 0.0714. The first-order valence-corrected chi connectivity index (χ1v) is 9.63. The number of carbonyl (C=O) groups is 1. The molecule has 0 saturated heterocycles. The van der Waals surface area contributed by atoms with Crippen LogP contribution >= 0.6 is 34.8 Å². The van der Waals surface area contributed by atoms with E-state index in [0.29, 0.717) is 33.3 Å². The molecule has 138 valence electrons. The summed E-state index contributed by atoms with van der Waals surface area (Å²) in [5.41, 5.74) is 3.14. The molecule has 1 aliphatic heterocycles. The minimum Gasteiger partial charge on any atom is -0.315 e. The van der Waals surface area contributed by atoms with Crippen LogP contribution in [-0.4, -0.2) is 26.4 Å². The summed E-state index contributed by atoms with van der Waals surface area (Å²) in [4.78, 5) is 19.3. The number of rotatable bonds is 3. The number of nitrogens with zero attached hydrogens (tertiary/aromatic N) is 3. The Labute approximate surface area is 172 Å². The zero-order valence-electron chi connectivity index (χ0n) is 14.7. The van der Waals surface area contributed by atoms with E-state index >= 15 is 0 Å². The highest BCUT2D eigenvalue weighted by Gasteiger charge is 2.35. The van der Waals surface area contributed by atoms with Crippen molar-refractivity contribution in [3.05, 3.63) is 63.4 Å². The lowest BCUT2D eigenvalue weighted by Gasteiger charge is -2.20.